The number of hydrogen-bond acceptors (Lipinski definition) is 4. The van der Waals surface area contributed by atoms with Crippen LogP contribution in [0.2, 0.25) is 0 Å². The first-order valence-corrected chi connectivity index (χ1v) is 6.33. The number of hydrogen-bond donors (Lipinski definition) is 3. The van der Waals surface area contributed by atoms with Gasteiger partial charge in [-0.1, -0.05) is 19.3 Å². The zero-order chi connectivity index (χ0) is 14.8. The van der Waals surface area contributed by atoms with E-state index in [-0.39, 0.29) is 11.6 Å². The molecule has 2 atom stereocenters. The predicted octanol–water partition coefficient (Wildman–Crippen LogP) is 0.129. The molecule has 1 aliphatic carbocycles. The van der Waals surface area contributed by atoms with E-state index in [1.54, 1.807) is 0 Å². The number of aliphatic hydroxyl groups is 1. The molecule has 0 amide bonds. The second kappa shape index (κ2) is 11.4. The van der Waals surface area contributed by atoms with Gasteiger partial charge in [0.15, 0.2) is 0 Å². The minimum Gasteiger partial charge on any atom is -0.478 e. The van der Waals surface area contributed by atoms with E-state index in [1.807, 2.05) is 0 Å². The van der Waals surface area contributed by atoms with Crippen LogP contribution in [0.5, 0.6) is 0 Å². The maximum absolute atomic E-state index is 9.68. The predicted molar refractivity (Wildman–Crippen MR) is 74.6 cm³/mol. The molecule has 0 bridgehead atoms. The van der Waals surface area contributed by atoms with Crippen molar-refractivity contribution in [3.63, 3.8) is 0 Å². The molecule has 0 aromatic carbocycles. The number of carboxylic acid groups (broad SMARTS) is 2. The highest BCUT2D eigenvalue weighted by Crippen LogP contribution is 2.20. The minimum atomic E-state index is -1.26. The zero-order valence-electron chi connectivity index (χ0n) is 12.0. The summed E-state index contributed by atoms with van der Waals surface area (Å²) in [6.07, 6.45) is 6.95. The number of aliphatic carboxylic acids is 2. The van der Waals surface area contributed by atoms with E-state index in [1.165, 1.54) is 19.3 Å². The van der Waals surface area contributed by atoms with Crippen molar-refractivity contribution in [1.82, 2.24) is 4.90 Å². The first kappa shape index (κ1) is 20.9. The molecule has 5 N–H and O–H groups in total. The van der Waals surface area contributed by atoms with Gasteiger partial charge in [0.25, 0.3) is 0 Å². The molecule has 20 heavy (non-hydrogen) atoms. The van der Waals surface area contributed by atoms with Crippen LogP contribution < -0.4 is 0 Å². The van der Waals surface area contributed by atoms with Crippen molar-refractivity contribution in [2.24, 2.45) is 0 Å². The summed E-state index contributed by atoms with van der Waals surface area (Å²) >= 11 is 0. The zero-order valence-corrected chi connectivity index (χ0v) is 12.0. The van der Waals surface area contributed by atoms with E-state index in [2.05, 4.69) is 19.0 Å². The van der Waals surface area contributed by atoms with Gasteiger partial charge in [-0.05, 0) is 26.9 Å². The normalized spacial score (nSPS) is 22.4. The van der Waals surface area contributed by atoms with Gasteiger partial charge in [0.2, 0.25) is 0 Å². The van der Waals surface area contributed by atoms with Crippen LogP contribution in [0.3, 0.4) is 0 Å². The molecule has 1 saturated carbocycles. The molecule has 7 nitrogen and oxygen atoms in total. The molecule has 0 unspecified atom stereocenters. The lowest BCUT2D eigenvalue weighted by atomic mass is 10.1. The number of nitrogens with zero attached hydrogens (tertiary/aromatic N) is 1. The number of rotatable bonds is 3. The fourth-order valence-corrected chi connectivity index (χ4v) is 2.01. The van der Waals surface area contributed by atoms with Gasteiger partial charge in [0.05, 0.1) is 6.10 Å². The van der Waals surface area contributed by atoms with Crippen molar-refractivity contribution in [2.75, 3.05) is 14.1 Å². The lowest BCUT2D eigenvalue weighted by molar-refractivity contribution is -0.134. The maximum atomic E-state index is 9.68. The molecule has 7 heteroatoms. The van der Waals surface area contributed by atoms with Crippen LogP contribution in [-0.4, -0.2) is 63.9 Å². The summed E-state index contributed by atoms with van der Waals surface area (Å²) in [7, 11) is 4.11. The molecule has 1 fully saturated rings. The van der Waals surface area contributed by atoms with Gasteiger partial charge in [-0.25, -0.2) is 9.59 Å². The lowest BCUT2D eigenvalue weighted by Crippen LogP contribution is -2.37. The highest BCUT2D eigenvalue weighted by atomic mass is 16.4. The van der Waals surface area contributed by atoms with Gasteiger partial charge >= 0.3 is 11.9 Å². The molecule has 1 rings (SSSR count). The molecular formula is C13H25NO6. The summed E-state index contributed by atoms with van der Waals surface area (Å²) < 4.78 is 0. The second-order valence-corrected chi connectivity index (χ2v) is 4.75. The van der Waals surface area contributed by atoms with Crippen molar-refractivity contribution < 1.29 is 30.4 Å². The third-order valence-electron chi connectivity index (χ3n) is 2.98. The SMILES string of the molecule is CN(C)[C@@H]1CCCCC[C@H]1O.O.O=C(O)/C=C/C(=O)O. The Bertz CT molecular complexity index is 300. The highest BCUT2D eigenvalue weighted by Gasteiger charge is 2.22. The number of aliphatic hydroxyl groups excluding tert-OH is 1. The first-order valence-electron chi connectivity index (χ1n) is 6.33. The van der Waals surface area contributed by atoms with Gasteiger partial charge in [-0.15, -0.1) is 0 Å². The van der Waals surface area contributed by atoms with Crippen LogP contribution in [0, 0.1) is 0 Å². The van der Waals surface area contributed by atoms with Gasteiger partial charge in [-0.3, -0.25) is 0 Å². The average molecular weight is 291 g/mol. The molecule has 0 saturated heterocycles. The molecule has 118 valence electrons. The topological polar surface area (TPSA) is 130 Å². The monoisotopic (exact) mass is 291 g/mol. The Labute approximate surface area is 118 Å². The fourth-order valence-electron chi connectivity index (χ4n) is 2.01. The third kappa shape index (κ3) is 10.5. The third-order valence-corrected chi connectivity index (χ3v) is 2.98. The second-order valence-electron chi connectivity index (χ2n) is 4.75. The molecule has 0 spiro atoms. The van der Waals surface area contributed by atoms with Gasteiger partial charge in [0.1, 0.15) is 0 Å². The molecular weight excluding hydrogens is 266 g/mol. The summed E-state index contributed by atoms with van der Waals surface area (Å²) in [6.45, 7) is 0. The highest BCUT2D eigenvalue weighted by molar-refractivity contribution is 5.89. The van der Waals surface area contributed by atoms with Crippen molar-refractivity contribution in [3.05, 3.63) is 12.2 Å². The Kier molecular flexibility index (Phi) is 11.9. The van der Waals surface area contributed by atoms with Gasteiger partial charge in [-0.2, -0.15) is 0 Å². The summed E-state index contributed by atoms with van der Waals surface area (Å²) in [4.78, 5) is 21.3. The van der Waals surface area contributed by atoms with Crippen LogP contribution in [-0.2, 0) is 9.59 Å². The molecule has 0 radical (unpaired) electrons. The van der Waals surface area contributed by atoms with Crippen molar-refractivity contribution in [1.29, 1.82) is 0 Å². The van der Waals surface area contributed by atoms with Crippen LogP contribution in [0.25, 0.3) is 0 Å². The molecule has 1 aliphatic rings. The Morgan fingerprint density at radius 3 is 1.85 bits per heavy atom. The largest absolute Gasteiger partial charge is 0.478 e. The molecule has 0 aromatic heterocycles. The standard InChI is InChI=1S/C9H19NO.C4H4O4.H2O/c1-10(2)8-6-4-3-5-7-9(8)11;5-3(6)1-2-4(7)8;/h8-9,11H,3-7H2,1-2H3;1-2H,(H,5,6)(H,7,8);1H2/b;2-1+;/t8-,9-;;/m1../s1. The summed E-state index contributed by atoms with van der Waals surface area (Å²) in [6, 6.07) is 0.400. The minimum absolute atomic E-state index is 0. The first-order chi connectivity index (χ1) is 8.84. The van der Waals surface area contributed by atoms with Crippen molar-refractivity contribution >= 4 is 11.9 Å². The Morgan fingerprint density at radius 1 is 1.00 bits per heavy atom. The smallest absolute Gasteiger partial charge is 0.328 e. The van der Waals surface area contributed by atoms with Gasteiger partial charge in [0, 0.05) is 18.2 Å². The fraction of sp³-hybridized carbons (Fsp3) is 0.692. The van der Waals surface area contributed by atoms with Crippen LogP contribution in [0.1, 0.15) is 32.1 Å². The quantitative estimate of drug-likeness (QED) is 0.500. The summed E-state index contributed by atoms with van der Waals surface area (Å²) in [5.41, 5.74) is 0. The Morgan fingerprint density at radius 2 is 1.45 bits per heavy atom. The van der Waals surface area contributed by atoms with E-state index < -0.39 is 11.9 Å². The van der Waals surface area contributed by atoms with Crippen LogP contribution in [0.15, 0.2) is 12.2 Å². The van der Waals surface area contributed by atoms with E-state index in [0.29, 0.717) is 18.2 Å². The molecule has 0 aromatic rings. The van der Waals surface area contributed by atoms with Gasteiger partial charge < -0.3 is 25.7 Å². The van der Waals surface area contributed by atoms with Crippen LogP contribution >= 0.6 is 0 Å². The average Bonchev–Trinajstić information content (AvgIpc) is 2.52. The number of carbonyl (C=O) groups is 2. The Balaban J connectivity index is 0. The summed E-state index contributed by atoms with van der Waals surface area (Å²) in [5, 5.41) is 25.3. The van der Waals surface area contributed by atoms with E-state index in [9.17, 15) is 14.7 Å². The Hall–Kier alpha value is -1.44. The maximum Gasteiger partial charge on any atom is 0.328 e. The van der Waals surface area contributed by atoms with Crippen molar-refractivity contribution in [3.8, 4) is 0 Å². The summed E-state index contributed by atoms with van der Waals surface area (Å²) in [5.74, 6) is -2.51. The molecule has 0 heterocycles. The van der Waals surface area contributed by atoms with Crippen LogP contribution in [0.4, 0.5) is 0 Å². The van der Waals surface area contributed by atoms with E-state index in [0.717, 1.165) is 12.8 Å². The van der Waals surface area contributed by atoms with Crippen molar-refractivity contribution in [2.45, 2.75) is 44.2 Å². The van der Waals surface area contributed by atoms with E-state index in [4.69, 9.17) is 10.2 Å². The number of carboxylic acids is 2. The molecule has 0 aliphatic heterocycles. The van der Waals surface area contributed by atoms with E-state index >= 15 is 0 Å². The number of likely N-dealkylation sites (N-methyl/N-ethyl adjacent to an activating group) is 1. The lowest BCUT2D eigenvalue weighted by Gasteiger charge is -2.26.